The fourth-order valence-electron chi connectivity index (χ4n) is 4.11. The molecule has 1 aliphatic carbocycles. The first kappa shape index (κ1) is 16.0. The zero-order valence-electron chi connectivity index (χ0n) is 14.0. The van der Waals surface area contributed by atoms with Gasteiger partial charge >= 0.3 is 0 Å². The summed E-state index contributed by atoms with van der Waals surface area (Å²) in [5, 5.41) is 0. The van der Waals surface area contributed by atoms with Gasteiger partial charge in [0.25, 0.3) is 0 Å². The number of Topliss-reactive ketones (excluding diaryl/α,β-unsaturated/α-hetero) is 1. The smallest absolute Gasteiger partial charge is 0.137 e. The van der Waals surface area contributed by atoms with Crippen LogP contribution >= 0.6 is 0 Å². The highest BCUT2D eigenvalue weighted by Crippen LogP contribution is 2.39. The molecular weight excluding hydrogens is 246 g/mol. The van der Waals surface area contributed by atoms with E-state index in [-0.39, 0.29) is 0 Å². The number of carbonyl (C=O) groups excluding carboxylic acids is 1. The average Bonchev–Trinajstić information content (AvgIpc) is 2.78. The maximum absolute atomic E-state index is 12.2. The van der Waals surface area contributed by atoms with E-state index in [1.54, 1.807) is 0 Å². The summed E-state index contributed by atoms with van der Waals surface area (Å²) in [6, 6.07) is 0. The zero-order chi connectivity index (χ0) is 14.8. The fraction of sp³-hybridized carbons (Fsp3) is 0.944. The van der Waals surface area contributed by atoms with Gasteiger partial charge in [-0.1, -0.05) is 34.1 Å². The second-order valence-corrected chi connectivity index (χ2v) is 8.20. The minimum absolute atomic E-state index is 0.313. The molecule has 2 fully saturated rings. The molecule has 2 heteroatoms. The van der Waals surface area contributed by atoms with Crippen LogP contribution < -0.4 is 0 Å². The van der Waals surface area contributed by atoms with Gasteiger partial charge in [-0.2, -0.15) is 0 Å². The van der Waals surface area contributed by atoms with Crippen LogP contribution in [0.1, 0.15) is 66.2 Å². The Morgan fingerprint density at radius 2 is 2.00 bits per heavy atom. The first-order valence-electron chi connectivity index (χ1n) is 8.65. The monoisotopic (exact) mass is 279 g/mol. The van der Waals surface area contributed by atoms with Crippen LogP contribution in [0, 0.1) is 23.2 Å². The largest absolute Gasteiger partial charge is 0.302 e. The highest BCUT2D eigenvalue weighted by molar-refractivity contribution is 5.82. The summed E-state index contributed by atoms with van der Waals surface area (Å²) < 4.78 is 0. The van der Waals surface area contributed by atoms with E-state index in [0.717, 1.165) is 37.6 Å². The first-order valence-corrected chi connectivity index (χ1v) is 8.65. The van der Waals surface area contributed by atoms with Gasteiger partial charge in [0.1, 0.15) is 5.78 Å². The fourth-order valence-corrected chi connectivity index (χ4v) is 4.11. The molecule has 2 nitrogen and oxygen atoms in total. The van der Waals surface area contributed by atoms with Crippen molar-refractivity contribution in [1.82, 2.24) is 4.90 Å². The third-order valence-electron chi connectivity index (χ3n) is 5.53. The highest BCUT2D eigenvalue weighted by Gasteiger charge is 2.36. The Kier molecular flexibility index (Phi) is 5.28. The molecule has 0 spiro atoms. The third-order valence-corrected chi connectivity index (χ3v) is 5.53. The van der Waals surface area contributed by atoms with Gasteiger partial charge in [0.05, 0.1) is 0 Å². The molecule has 2 rings (SSSR count). The molecule has 0 aromatic rings. The van der Waals surface area contributed by atoms with Crippen molar-refractivity contribution in [3.8, 4) is 0 Å². The van der Waals surface area contributed by atoms with Crippen molar-refractivity contribution in [2.75, 3.05) is 19.6 Å². The van der Waals surface area contributed by atoms with Crippen LogP contribution in [-0.4, -0.2) is 30.3 Å². The van der Waals surface area contributed by atoms with E-state index in [2.05, 4.69) is 32.6 Å². The molecule has 116 valence electrons. The normalized spacial score (nSPS) is 32.8. The molecule has 3 unspecified atom stereocenters. The van der Waals surface area contributed by atoms with Gasteiger partial charge in [-0.3, -0.25) is 4.79 Å². The number of hydrogen-bond acceptors (Lipinski definition) is 2. The lowest BCUT2D eigenvalue weighted by Crippen LogP contribution is -2.38. The van der Waals surface area contributed by atoms with Gasteiger partial charge < -0.3 is 4.90 Å². The molecular formula is C18H33NO. The Balaban J connectivity index is 1.86. The van der Waals surface area contributed by atoms with Gasteiger partial charge in [0, 0.05) is 25.4 Å². The summed E-state index contributed by atoms with van der Waals surface area (Å²) in [5.74, 6) is 2.45. The second-order valence-electron chi connectivity index (χ2n) is 8.20. The maximum atomic E-state index is 12.2. The number of carbonyl (C=O) groups is 1. The number of hydrogen-bond donors (Lipinski definition) is 0. The summed E-state index contributed by atoms with van der Waals surface area (Å²) in [4.78, 5) is 14.8. The molecule has 3 atom stereocenters. The minimum atomic E-state index is 0.313. The molecule has 0 radical (unpaired) electrons. The van der Waals surface area contributed by atoms with E-state index in [0.29, 0.717) is 17.1 Å². The van der Waals surface area contributed by atoms with E-state index in [9.17, 15) is 4.79 Å². The van der Waals surface area contributed by atoms with Crippen LogP contribution in [0.2, 0.25) is 0 Å². The van der Waals surface area contributed by atoms with Crippen molar-refractivity contribution in [1.29, 1.82) is 0 Å². The van der Waals surface area contributed by atoms with Crippen molar-refractivity contribution >= 4 is 5.78 Å². The predicted molar refractivity (Wildman–Crippen MR) is 84.7 cm³/mol. The predicted octanol–water partition coefficient (Wildman–Crippen LogP) is 4.14. The quantitative estimate of drug-likeness (QED) is 0.771. The van der Waals surface area contributed by atoms with Gasteiger partial charge in [-0.05, 0) is 49.5 Å². The summed E-state index contributed by atoms with van der Waals surface area (Å²) in [6.45, 7) is 12.8. The Bertz CT molecular complexity index is 331. The SMILES string of the molecule is CCCC1CCN(CC2CC(C(C)(C)C)CCC2=O)C1. The summed E-state index contributed by atoms with van der Waals surface area (Å²) >= 11 is 0. The molecule has 2 aliphatic rings. The highest BCUT2D eigenvalue weighted by atomic mass is 16.1. The van der Waals surface area contributed by atoms with Crippen molar-refractivity contribution in [3.05, 3.63) is 0 Å². The van der Waals surface area contributed by atoms with Crippen molar-refractivity contribution < 1.29 is 4.79 Å². The van der Waals surface area contributed by atoms with Crippen molar-refractivity contribution in [2.24, 2.45) is 23.2 Å². The van der Waals surface area contributed by atoms with Gasteiger partial charge in [-0.15, -0.1) is 0 Å². The topological polar surface area (TPSA) is 20.3 Å². The molecule has 1 heterocycles. The van der Waals surface area contributed by atoms with Crippen LogP contribution in [0.25, 0.3) is 0 Å². The molecule has 0 aromatic carbocycles. The van der Waals surface area contributed by atoms with E-state index >= 15 is 0 Å². The average molecular weight is 279 g/mol. The zero-order valence-corrected chi connectivity index (χ0v) is 14.0. The Labute approximate surface area is 125 Å². The molecule has 0 amide bonds. The Morgan fingerprint density at radius 3 is 2.65 bits per heavy atom. The lowest BCUT2D eigenvalue weighted by atomic mass is 9.68. The van der Waals surface area contributed by atoms with Crippen LogP contribution in [0.4, 0.5) is 0 Å². The van der Waals surface area contributed by atoms with E-state index < -0.39 is 0 Å². The van der Waals surface area contributed by atoms with Crippen molar-refractivity contribution in [3.63, 3.8) is 0 Å². The second kappa shape index (κ2) is 6.60. The molecule has 1 saturated heterocycles. The van der Waals surface area contributed by atoms with Gasteiger partial charge in [0.15, 0.2) is 0 Å². The Hall–Kier alpha value is -0.370. The molecule has 1 aliphatic heterocycles. The lowest BCUT2D eigenvalue weighted by molar-refractivity contribution is -0.127. The molecule has 0 bridgehead atoms. The number of nitrogens with zero attached hydrogens (tertiary/aromatic N) is 1. The number of ketones is 1. The van der Waals surface area contributed by atoms with E-state index in [1.165, 1.54) is 32.4 Å². The van der Waals surface area contributed by atoms with Crippen LogP contribution in [0.15, 0.2) is 0 Å². The van der Waals surface area contributed by atoms with Gasteiger partial charge in [0.2, 0.25) is 0 Å². The number of rotatable bonds is 4. The van der Waals surface area contributed by atoms with Crippen LogP contribution in [0.3, 0.4) is 0 Å². The summed E-state index contributed by atoms with van der Waals surface area (Å²) in [7, 11) is 0. The van der Waals surface area contributed by atoms with Gasteiger partial charge in [-0.25, -0.2) is 0 Å². The van der Waals surface area contributed by atoms with E-state index in [4.69, 9.17) is 0 Å². The first-order chi connectivity index (χ1) is 9.40. The van der Waals surface area contributed by atoms with Crippen LogP contribution in [-0.2, 0) is 4.79 Å². The lowest BCUT2D eigenvalue weighted by Gasteiger charge is -2.38. The summed E-state index contributed by atoms with van der Waals surface area (Å²) in [5.41, 5.74) is 0.356. The molecule has 1 saturated carbocycles. The van der Waals surface area contributed by atoms with E-state index in [1.807, 2.05) is 0 Å². The minimum Gasteiger partial charge on any atom is -0.302 e. The number of likely N-dealkylation sites (tertiary alicyclic amines) is 1. The molecule has 0 N–H and O–H groups in total. The van der Waals surface area contributed by atoms with Crippen LogP contribution in [0.5, 0.6) is 0 Å². The molecule has 20 heavy (non-hydrogen) atoms. The molecule has 0 aromatic heterocycles. The standard InChI is InChI=1S/C18H33NO/c1-5-6-14-9-10-19(12-14)13-15-11-16(18(2,3)4)7-8-17(15)20/h14-16H,5-13H2,1-4H3. The third kappa shape index (κ3) is 4.07. The summed E-state index contributed by atoms with van der Waals surface area (Å²) in [6.07, 6.45) is 7.05. The van der Waals surface area contributed by atoms with Crippen molar-refractivity contribution in [2.45, 2.75) is 66.2 Å². The maximum Gasteiger partial charge on any atom is 0.137 e. The Morgan fingerprint density at radius 1 is 1.25 bits per heavy atom.